The Morgan fingerprint density at radius 2 is 1.88 bits per heavy atom. The summed E-state index contributed by atoms with van der Waals surface area (Å²) in [6, 6.07) is 13.3. The third-order valence-corrected chi connectivity index (χ3v) is 5.70. The molecule has 1 aliphatic heterocycles. The largest absolute Gasteiger partial charge is 0.493 e. The van der Waals surface area contributed by atoms with Crippen molar-refractivity contribution in [1.29, 1.82) is 0 Å². The highest BCUT2D eigenvalue weighted by Crippen LogP contribution is 2.38. The van der Waals surface area contributed by atoms with Crippen LogP contribution in [0.15, 0.2) is 53.7 Å². The number of anilines is 1. The van der Waals surface area contributed by atoms with Crippen molar-refractivity contribution in [2.24, 2.45) is 5.73 Å². The maximum absolute atomic E-state index is 12.2. The summed E-state index contributed by atoms with van der Waals surface area (Å²) in [5.74, 6) is 1.01. The van der Waals surface area contributed by atoms with Crippen LogP contribution in [0.1, 0.15) is 50.4 Å². The van der Waals surface area contributed by atoms with Crippen molar-refractivity contribution in [3.63, 3.8) is 0 Å². The molecule has 1 aliphatic rings. The molecule has 0 bridgehead atoms. The molecule has 0 spiro atoms. The molecule has 1 amide bonds. The van der Waals surface area contributed by atoms with Gasteiger partial charge in [-0.3, -0.25) is 4.79 Å². The van der Waals surface area contributed by atoms with E-state index in [2.05, 4.69) is 65.9 Å². The first kappa shape index (κ1) is 22.3. The van der Waals surface area contributed by atoms with Crippen LogP contribution in [0.2, 0.25) is 0 Å². The number of amides is 1. The fourth-order valence-electron chi connectivity index (χ4n) is 3.88. The van der Waals surface area contributed by atoms with Gasteiger partial charge in [-0.25, -0.2) is 0 Å². The van der Waals surface area contributed by atoms with Crippen LogP contribution >= 0.6 is 0 Å². The van der Waals surface area contributed by atoms with Crippen molar-refractivity contribution in [2.75, 3.05) is 12.4 Å². The summed E-state index contributed by atoms with van der Waals surface area (Å²) in [4.78, 5) is 12.2. The Balaban J connectivity index is 1.60. The van der Waals surface area contributed by atoms with Gasteiger partial charge in [0.2, 0.25) is 11.9 Å². The Labute approximate surface area is 192 Å². The minimum Gasteiger partial charge on any atom is -0.493 e. The lowest BCUT2D eigenvalue weighted by atomic mass is 9.87. The van der Waals surface area contributed by atoms with Crippen molar-refractivity contribution >= 4 is 11.9 Å². The summed E-state index contributed by atoms with van der Waals surface area (Å²) < 4.78 is 13.2. The molecular weight excluding hydrogens is 420 g/mol. The van der Waals surface area contributed by atoms with Gasteiger partial charge in [0, 0.05) is 5.70 Å². The molecule has 0 fully saturated rings. The minimum atomic E-state index is -0.582. The predicted octanol–water partition coefficient (Wildman–Crippen LogP) is 3.33. The number of carbonyl (C=O) groups excluding carboxylic acids is 1. The fraction of sp³-hybridized carbons (Fsp3) is 0.333. The molecule has 0 saturated carbocycles. The highest BCUT2D eigenvalue weighted by atomic mass is 16.5. The topological polar surface area (TPSA) is 117 Å². The lowest BCUT2D eigenvalue weighted by Gasteiger charge is -2.27. The zero-order valence-electron chi connectivity index (χ0n) is 19.4. The summed E-state index contributed by atoms with van der Waals surface area (Å²) >= 11 is 0. The Bertz CT molecular complexity index is 1210. The number of tetrazole rings is 1. The number of primary amides is 1. The smallest absolute Gasteiger partial charge is 0.248 e. The molecule has 1 atom stereocenters. The van der Waals surface area contributed by atoms with Crippen molar-refractivity contribution < 1.29 is 14.3 Å². The molecular formula is C24H28N6O3. The van der Waals surface area contributed by atoms with Crippen LogP contribution in [-0.2, 0) is 16.8 Å². The summed E-state index contributed by atoms with van der Waals surface area (Å²) in [5, 5.41) is 14.7. The van der Waals surface area contributed by atoms with Crippen LogP contribution < -0.4 is 20.5 Å². The number of carbonyl (C=O) groups is 1. The molecule has 0 aliphatic carbocycles. The van der Waals surface area contributed by atoms with Crippen LogP contribution in [0, 0.1) is 0 Å². The van der Waals surface area contributed by atoms with Gasteiger partial charge in [-0.15, -0.1) is 0 Å². The first-order valence-electron chi connectivity index (χ1n) is 10.6. The van der Waals surface area contributed by atoms with Crippen LogP contribution in [0.25, 0.3) is 0 Å². The van der Waals surface area contributed by atoms with E-state index >= 15 is 0 Å². The van der Waals surface area contributed by atoms with Gasteiger partial charge in [0.15, 0.2) is 11.5 Å². The van der Waals surface area contributed by atoms with E-state index in [1.807, 2.05) is 18.2 Å². The Hall–Kier alpha value is -3.88. The molecule has 9 heteroatoms. The van der Waals surface area contributed by atoms with Gasteiger partial charge in [0.05, 0.1) is 12.7 Å². The maximum Gasteiger partial charge on any atom is 0.248 e. The van der Waals surface area contributed by atoms with Crippen LogP contribution in [0.3, 0.4) is 0 Å². The Morgan fingerprint density at radius 1 is 1.15 bits per heavy atom. The summed E-state index contributed by atoms with van der Waals surface area (Å²) in [7, 11) is 1.57. The van der Waals surface area contributed by atoms with Crippen LogP contribution in [0.5, 0.6) is 11.5 Å². The van der Waals surface area contributed by atoms with Crippen LogP contribution in [-0.4, -0.2) is 33.2 Å². The average Bonchev–Trinajstić information content (AvgIpc) is 3.24. The maximum atomic E-state index is 12.2. The average molecular weight is 449 g/mol. The zero-order chi connectivity index (χ0) is 23.8. The van der Waals surface area contributed by atoms with Crippen molar-refractivity contribution in [2.45, 2.75) is 45.8 Å². The number of hydrogen-bond donors (Lipinski definition) is 2. The highest BCUT2D eigenvalue weighted by Gasteiger charge is 2.33. The number of aromatic nitrogens is 4. The van der Waals surface area contributed by atoms with E-state index in [4.69, 9.17) is 15.2 Å². The second-order valence-electron chi connectivity index (χ2n) is 9.02. The summed E-state index contributed by atoms with van der Waals surface area (Å²) in [6.45, 7) is 8.73. The van der Waals surface area contributed by atoms with Gasteiger partial charge in [0.25, 0.3) is 0 Å². The number of nitrogens with two attached hydrogens (primary N) is 1. The molecule has 2 heterocycles. The lowest BCUT2D eigenvalue weighted by Crippen LogP contribution is -2.31. The van der Waals surface area contributed by atoms with E-state index in [0.29, 0.717) is 35.3 Å². The van der Waals surface area contributed by atoms with E-state index in [1.54, 1.807) is 14.0 Å². The number of benzene rings is 2. The third-order valence-electron chi connectivity index (χ3n) is 5.70. The number of nitrogens with zero attached hydrogens (tertiary/aromatic N) is 4. The molecule has 3 aromatic rings. The molecule has 0 unspecified atom stereocenters. The molecule has 9 nitrogen and oxygen atoms in total. The molecule has 2 aromatic carbocycles. The van der Waals surface area contributed by atoms with Gasteiger partial charge in [-0.05, 0) is 51.6 Å². The number of allylic oxidation sites excluding steroid dienone is 1. The number of nitrogens with one attached hydrogen (secondary N) is 1. The molecule has 4 rings (SSSR count). The highest BCUT2D eigenvalue weighted by molar-refractivity contribution is 5.95. The minimum absolute atomic E-state index is 0.100. The van der Waals surface area contributed by atoms with Gasteiger partial charge >= 0.3 is 0 Å². The monoisotopic (exact) mass is 448 g/mol. The van der Waals surface area contributed by atoms with E-state index in [0.717, 1.165) is 11.1 Å². The van der Waals surface area contributed by atoms with E-state index < -0.39 is 11.9 Å². The molecule has 172 valence electrons. The van der Waals surface area contributed by atoms with Crippen LogP contribution in [0.4, 0.5) is 5.95 Å². The van der Waals surface area contributed by atoms with Crippen molar-refractivity contribution in [3.8, 4) is 11.5 Å². The van der Waals surface area contributed by atoms with Gasteiger partial charge in [-0.2, -0.15) is 4.68 Å². The summed E-state index contributed by atoms with van der Waals surface area (Å²) in [5.41, 5.74) is 9.84. The Morgan fingerprint density at radius 3 is 2.52 bits per heavy atom. The number of rotatable bonds is 6. The number of hydrogen-bond acceptors (Lipinski definition) is 7. The number of ether oxygens (including phenoxy) is 2. The van der Waals surface area contributed by atoms with E-state index in [-0.39, 0.29) is 5.41 Å². The molecule has 0 radical (unpaired) electrons. The predicted molar refractivity (Wildman–Crippen MR) is 124 cm³/mol. The molecule has 1 aromatic heterocycles. The van der Waals surface area contributed by atoms with Gasteiger partial charge < -0.3 is 20.5 Å². The Kier molecular flexibility index (Phi) is 5.80. The SMILES string of the molecule is COc1cc([C@@H]2C(C(N)=O)=C(C)Nc3nnnn32)ccc1OCc1ccc(C(C)(C)C)cc1. The number of fused-ring (bicyclic) bond motifs is 1. The molecule has 0 saturated heterocycles. The van der Waals surface area contributed by atoms with Gasteiger partial charge in [0.1, 0.15) is 12.6 Å². The molecule has 3 N–H and O–H groups in total. The second kappa shape index (κ2) is 8.57. The standard InChI is InChI=1S/C24H28N6O3/c1-14-20(22(25)31)21(30-23(26-14)27-28-29-30)16-8-11-18(19(12-16)32-5)33-13-15-6-9-17(10-7-15)24(2,3)4/h6-12,21H,13H2,1-5H3,(H2,25,31)(H,26,27,29)/t21-/m1/s1. The quantitative estimate of drug-likeness (QED) is 0.594. The van der Waals surface area contributed by atoms with Gasteiger partial charge in [-0.1, -0.05) is 56.2 Å². The first-order valence-corrected chi connectivity index (χ1v) is 10.6. The van der Waals surface area contributed by atoms with E-state index in [9.17, 15) is 4.79 Å². The lowest BCUT2D eigenvalue weighted by molar-refractivity contribution is -0.115. The zero-order valence-corrected chi connectivity index (χ0v) is 19.4. The summed E-state index contributed by atoms with van der Waals surface area (Å²) in [6.07, 6.45) is 0. The van der Waals surface area contributed by atoms with E-state index in [1.165, 1.54) is 10.2 Å². The number of methoxy groups -OCH3 is 1. The third kappa shape index (κ3) is 4.39. The first-order chi connectivity index (χ1) is 15.7. The van der Waals surface area contributed by atoms with Crippen molar-refractivity contribution in [3.05, 3.63) is 70.4 Å². The molecule has 33 heavy (non-hydrogen) atoms. The second-order valence-corrected chi connectivity index (χ2v) is 9.02. The fourth-order valence-corrected chi connectivity index (χ4v) is 3.88. The van der Waals surface area contributed by atoms with Crippen molar-refractivity contribution in [1.82, 2.24) is 20.2 Å². The normalized spacial score (nSPS) is 15.6.